The van der Waals surface area contributed by atoms with Gasteiger partial charge in [-0.2, -0.15) is 0 Å². The van der Waals surface area contributed by atoms with E-state index in [9.17, 15) is 14.7 Å². The summed E-state index contributed by atoms with van der Waals surface area (Å²) in [7, 11) is 0. The van der Waals surface area contributed by atoms with Crippen molar-refractivity contribution in [2.24, 2.45) is 0 Å². The van der Waals surface area contributed by atoms with E-state index in [1.165, 1.54) is 0 Å². The fraction of sp³-hybridized carbons (Fsp3) is 0.312. The molecule has 0 aliphatic carbocycles. The van der Waals surface area contributed by atoms with Gasteiger partial charge in [-0.15, -0.1) is 0 Å². The first-order valence-electron chi connectivity index (χ1n) is 13.0. The number of likely N-dealkylation sites (tertiary alicyclic amines) is 1. The van der Waals surface area contributed by atoms with Crippen molar-refractivity contribution in [2.45, 2.75) is 52.9 Å². The van der Waals surface area contributed by atoms with E-state index in [1.807, 2.05) is 82.3 Å². The number of nitrogens with zero attached hydrogens (tertiary/aromatic N) is 1. The Morgan fingerprint density at radius 1 is 0.947 bits per heavy atom. The van der Waals surface area contributed by atoms with E-state index in [-0.39, 0.29) is 17.4 Å². The zero-order valence-corrected chi connectivity index (χ0v) is 22.4. The number of ether oxygens (including phenoxy) is 2. The number of carbonyl (C=O) groups excluding carboxylic acids is 2. The monoisotopic (exact) mass is 513 g/mol. The standard InChI is InChI=1S/C32H35NO5/c1-21(2)37-18-10-17-33-29(26-14-9-8-11-22(26)3)28(31(35)32(33)36)30(34)25-15-16-27(23(4)19-25)38-20-24-12-6-5-7-13-24/h5-9,11-16,19,21,29,34H,10,17-18,20H2,1-4H3/b30-28+. The Labute approximate surface area is 224 Å². The molecule has 0 saturated carbocycles. The molecule has 1 unspecified atom stereocenters. The molecule has 1 saturated heterocycles. The van der Waals surface area contributed by atoms with Crippen LogP contribution in [0.2, 0.25) is 0 Å². The van der Waals surface area contributed by atoms with Gasteiger partial charge in [-0.05, 0) is 74.6 Å². The third kappa shape index (κ3) is 5.97. The number of aliphatic hydroxyl groups is 1. The molecule has 0 aromatic heterocycles. The van der Waals surface area contributed by atoms with E-state index >= 15 is 0 Å². The molecule has 198 valence electrons. The molecule has 1 aliphatic rings. The van der Waals surface area contributed by atoms with E-state index in [1.54, 1.807) is 23.1 Å². The Hall–Kier alpha value is -3.90. The van der Waals surface area contributed by atoms with Crippen molar-refractivity contribution >= 4 is 17.4 Å². The molecule has 0 spiro atoms. The highest BCUT2D eigenvalue weighted by Gasteiger charge is 2.46. The van der Waals surface area contributed by atoms with Crippen LogP contribution in [-0.2, 0) is 20.9 Å². The van der Waals surface area contributed by atoms with Gasteiger partial charge in [-0.1, -0.05) is 54.6 Å². The van der Waals surface area contributed by atoms with Crippen LogP contribution >= 0.6 is 0 Å². The number of amides is 1. The molecule has 3 aromatic carbocycles. The molecule has 0 bridgehead atoms. The quantitative estimate of drug-likeness (QED) is 0.153. The molecule has 1 fully saturated rings. The van der Waals surface area contributed by atoms with Crippen molar-refractivity contribution in [1.29, 1.82) is 0 Å². The molecule has 1 amide bonds. The molecule has 3 aromatic rings. The number of Topliss-reactive ketones (excluding diaryl/α,β-unsaturated/α-hetero) is 1. The maximum Gasteiger partial charge on any atom is 0.295 e. The van der Waals surface area contributed by atoms with E-state index < -0.39 is 17.7 Å². The lowest BCUT2D eigenvalue weighted by molar-refractivity contribution is -0.140. The Balaban J connectivity index is 1.66. The van der Waals surface area contributed by atoms with Crippen LogP contribution < -0.4 is 4.74 Å². The summed E-state index contributed by atoms with van der Waals surface area (Å²) in [4.78, 5) is 28.1. The van der Waals surface area contributed by atoms with Crippen LogP contribution in [-0.4, -0.2) is 41.0 Å². The minimum absolute atomic E-state index is 0.0838. The van der Waals surface area contributed by atoms with Crippen molar-refractivity contribution in [1.82, 2.24) is 4.90 Å². The van der Waals surface area contributed by atoms with E-state index in [2.05, 4.69) is 0 Å². The Morgan fingerprint density at radius 3 is 2.34 bits per heavy atom. The smallest absolute Gasteiger partial charge is 0.295 e. The number of aliphatic hydroxyl groups excluding tert-OH is 1. The average Bonchev–Trinajstić information content (AvgIpc) is 3.15. The van der Waals surface area contributed by atoms with Gasteiger partial charge < -0.3 is 19.5 Å². The summed E-state index contributed by atoms with van der Waals surface area (Å²) < 4.78 is 11.6. The Morgan fingerprint density at radius 2 is 1.66 bits per heavy atom. The zero-order chi connectivity index (χ0) is 27.2. The van der Waals surface area contributed by atoms with Gasteiger partial charge in [0.25, 0.3) is 11.7 Å². The van der Waals surface area contributed by atoms with E-state index in [0.29, 0.717) is 37.5 Å². The minimum Gasteiger partial charge on any atom is -0.507 e. The Bertz CT molecular complexity index is 1330. The number of hydrogen-bond acceptors (Lipinski definition) is 5. The molecule has 1 heterocycles. The summed E-state index contributed by atoms with van der Waals surface area (Å²) in [6.07, 6.45) is 0.667. The van der Waals surface area contributed by atoms with Crippen LogP contribution in [0.25, 0.3) is 5.76 Å². The largest absolute Gasteiger partial charge is 0.507 e. The van der Waals surface area contributed by atoms with Crippen molar-refractivity contribution < 1.29 is 24.2 Å². The summed E-state index contributed by atoms with van der Waals surface area (Å²) in [6, 6.07) is 22.1. The van der Waals surface area contributed by atoms with Gasteiger partial charge in [0.05, 0.1) is 17.7 Å². The lowest BCUT2D eigenvalue weighted by Gasteiger charge is -2.26. The predicted octanol–water partition coefficient (Wildman–Crippen LogP) is 6.12. The van der Waals surface area contributed by atoms with E-state index in [4.69, 9.17) is 9.47 Å². The molecular weight excluding hydrogens is 478 g/mol. The first kappa shape index (κ1) is 27.1. The predicted molar refractivity (Wildman–Crippen MR) is 148 cm³/mol. The molecule has 1 aliphatic heterocycles. The Kier molecular flexibility index (Phi) is 8.64. The fourth-order valence-electron chi connectivity index (χ4n) is 4.73. The summed E-state index contributed by atoms with van der Waals surface area (Å²) in [5.41, 5.74) is 4.20. The molecule has 1 atom stereocenters. The van der Waals surface area contributed by atoms with Crippen LogP contribution in [0.15, 0.2) is 78.4 Å². The maximum absolute atomic E-state index is 13.3. The number of carbonyl (C=O) groups is 2. The van der Waals surface area contributed by atoms with Crippen molar-refractivity contribution in [3.05, 3.63) is 106 Å². The third-order valence-electron chi connectivity index (χ3n) is 6.70. The maximum atomic E-state index is 13.3. The number of rotatable bonds is 10. The molecule has 1 N–H and O–H groups in total. The number of hydrogen-bond donors (Lipinski definition) is 1. The third-order valence-corrected chi connectivity index (χ3v) is 6.70. The van der Waals surface area contributed by atoms with Gasteiger partial charge in [-0.25, -0.2) is 0 Å². The summed E-state index contributed by atoms with van der Waals surface area (Å²) in [5, 5.41) is 11.4. The van der Waals surface area contributed by atoms with Crippen LogP contribution in [0.3, 0.4) is 0 Å². The lowest BCUT2D eigenvalue weighted by atomic mass is 9.92. The van der Waals surface area contributed by atoms with Crippen molar-refractivity contribution in [2.75, 3.05) is 13.2 Å². The van der Waals surface area contributed by atoms with Gasteiger partial charge in [0.1, 0.15) is 18.1 Å². The highest BCUT2D eigenvalue weighted by atomic mass is 16.5. The molecule has 6 nitrogen and oxygen atoms in total. The zero-order valence-electron chi connectivity index (χ0n) is 22.4. The van der Waals surface area contributed by atoms with Crippen LogP contribution in [0.1, 0.15) is 54.1 Å². The molecular formula is C32H35NO5. The van der Waals surface area contributed by atoms with Gasteiger partial charge in [0.2, 0.25) is 0 Å². The lowest BCUT2D eigenvalue weighted by Crippen LogP contribution is -2.31. The van der Waals surface area contributed by atoms with Crippen molar-refractivity contribution in [3.8, 4) is 5.75 Å². The second-order valence-corrected chi connectivity index (χ2v) is 9.88. The summed E-state index contributed by atoms with van der Waals surface area (Å²) >= 11 is 0. The molecule has 4 rings (SSSR count). The summed E-state index contributed by atoms with van der Waals surface area (Å²) in [5.74, 6) is -0.784. The van der Waals surface area contributed by atoms with Gasteiger partial charge in [0, 0.05) is 18.7 Å². The molecule has 38 heavy (non-hydrogen) atoms. The number of ketones is 1. The summed E-state index contributed by atoms with van der Waals surface area (Å²) in [6.45, 7) is 9.00. The van der Waals surface area contributed by atoms with Gasteiger partial charge in [-0.3, -0.25) is 9.59 Å². The number of benzene rings is 3. The molecule has 0 radical (unpaired) electrons. The van der Waals surface area contributed by atoms with Crippen LogP contribution in [0.5, 0.6) is 5.75 Å². The number of aryl methyl sites for hydroxylation is 2. The average molecular weight is 514 g/mol. The second-order valence-electron chi connectivity index (χ2n) is 9.88. The SMILES string of the molecule is Cc1cc(/C(O)=C2\C(=O)C(=O)N(CCCOC(C)C)C2c2ccccc2C)ccc1OCc1ccccc1. The van der Waals surface area contributed by atoms with Gasteiger partial charge in [0.15, 0.2) is 0 Å². The van der Waals surface area contributed by atoms with Crippen LogP contribution in [0, 0.1) is 13.8 Å². The minimum atomic E-state index is -0.678. The fourth-order valence-corrected chi connectivity index (χ4v) is 4.73. The topological polar surface area (TPSA) is 76.1 Å². The van der Waals surface area contributed by atoms with Crippen molar-refractivity contribution in [3.63, 3.8) is 0 Å². The van der Waals surface area contributed by atoms with E-state index in [0.717, 1.165) is 22.3 Å². The van der Waals surface area contributed by atoms with Gasteiger partial charge >= 0.3 is 0 Å². The normalized spacial score (nSPS) is 16.9. The first-order valence-corrected chi connectivity index (χ1v) is 13.0. The first-order chi connectivity index (χ1) is 18.3. The highest BCUT2D eigenvalue weighted by molar-refractivity contribution is 6.46. The van der Waals surface area contributed by atoms with Crippen LogP contribution in [0.4, 0.5) is 0 Å². The second kappa shape index (κ2) is 12.1. The molecule has 6 heteroatoms. The highest BCUT2D eigenvalue weighted by Crippen LogP contribution is 2.41.